The number of nitrogens with zero attached hydrogens (tertiary/aromatic N) is 2. The summed E-state index contributed by atoms with van der Waals surface area (Å²) in [5.74, 6) is -0.199. The zero-order chi connectivity index (χ0) is 9.97. The van der Waals surface area contributed by atoms with Gasteiger partial charge >= 0.3 is 6.03 Å². The van der Waals surface area contributed by atoms with Crippen LogP contribution in [0.4, 0.5) is 4.79 Å². The number of amides is 3. The molecule has 0 atom stereocenters. The highest BCUT2D eigenvalue weighted by Gasteiger charge is 2.22. The summed E-state index contributed by atoms with van der Waals surface area (Å²) in [6, 6.07) is -0.311. The highest BCUT2D eigenvalue weighted by atomic mass is 32.1. The summed E-state index contributed by atoms with van der Waals surface area (Å²) < 4.78 is 0. The zero-order valence-corrected chi connectivity index (χ0v) is 8.21. The van der Waals surface area contributed by atoms with E-state index in [9.17, 15) is 9.59 Å². The molecule has 3 amide bonds. The van der Waals surface area contributed by atoms with Crippen molar-refractivity contribution >= 4 is 23.3 Å². The molecule has 1 aliphatic heterocycles. The Morgan fingerprint density at radius 3 is 3.07 bits per heavy atom. The van der Waals surface area contributed by atoms with Gasteiger partial charge in [0.1, 0.15) is 0 Å². The van der Waals surface area contributed by atoms with Crippen LogP contribution in [0.3, 0.4) is 0 Å². The molecule has 0 unspecified atom stereocenters. The van der Waals surface area contributed by atoms with E-state index < -0.39 is 0 Å². The minimum absolute atomic E-state index is 0.199. The Labute approximate surface area is 84.7 Å². The molecule has 0 aromatic carbocycles. The van der Waals surface area contributed by atoms with Crippen LogP contribution < -0.4 is 5.32 Å². The van der Waals surface area contributed by atoms with E-state index in [0.717, 1.165) is 4.88 Å². The Kier molecular flexibility index (Phi) is 2.45. The van der Waals surface area contributed by atoms with E-state index in [1.165, 1.54) is 11.3 Å². The predicted molar refractivity (Wildman–Crippen MR) is 50.7 cm³/mol. The van der Waals surface area contributed by atoms with Gasteiger partial charge in [-0.25, -0.2) is 4.79 Å². The van der Waals surface area contributed by atoms with Crippen LogP contribution in [-0.4, -0.2) is 28.4 Å². The average Bonchev–Trinajstić information content (AvgIpc) is 2.62. The minimum Gasteiger partial charge on any atom is -0.319 e. The first-order valence-corrected chi connectivity index (χ1v) is 5.10. The monoisotopic (exact) mass is 211 g/mol. The van der Waals surface area contributed by atoms with Gasteiger partial charge in [-0.15, -0.1) is 11.3 Å². The normalized spacial score (nSPS) is 17.0. The molecule has 2 rings (SSSR count). The molecule has 14 heavy (non-hydrogen) atoms. The summed E-state index contributed by atoms with van der Waals surface area (Å²) in [5, 5.41) is 2.27. The van der Waals surface area contributed by atoms with E-state index in [1.54, 1.807) is 16.6 Å². The molecule has 0 bridgehead atoms. The molecule has 0 spiro atoms. The van der Waals surface area contributed by atoms with Crippen LogP contribution in [0, 0.1) is 0 Å². The van der Waals surface area contributed by atoms with E-state index >= 15 is 0 Å². The molecule has 1 aliphatic rings. The third kappa shape index (κ3) is 1.90. The summed E-state index contributed by atoms with van der Waals surface area (Å²) in [6.45, 7) is 1.02. The molecule has 2 heterocycles. The molecular weight excluding hydrogens is 202 g/mol. The van der Waals surface area contributed by atoms with Crippen molar-refractivity contribution in [2.24, 2.45) is 0 Å². The van der Waals surface area contributed by atoms with Gasteiger partial charge in [0.15, 0.2) is 0 Å². The summed E-state index contributed by atoms with van der Waals surface area (Å²) in [4.78, 5) is 28.7. The van der Waals surface area contributed by atoms with E-state index in [0.29, 0.717) is 19.5 Å². The number of hydrogen-bond acceptors (Lipinski definition) is 4. The number of nitrogens with one attached hydrogen (secondary N) is 1. The van der Waals surface area contributed by atoms with Crippen LogP contribution in [-0.2, 0) is 11.3 Å². The largest absolute Gasteiger partial charge is 0.324 e. The lowest BCUT2D eigenvalue weighted by atomic mass is 10.3. The van der Waals surface area contributed by atoms with Crippen LogP contribution in [0.2, 0.25) is 0 Å². The second kappa shape index (κ2) is 3.75. The van der Waals surface area contributed by atoms with Gasteiger partial charge in [-0.05, 0) is 0 Å². The smallest absolute Gasteiger partial charge is 0.319 e. The van der Waals surface area contributed by atoms with E-state index in [2.05, 4.69) is 10.3 Å². The highest BCUT2D eigenvalue weighted by Crippen LogP contribution is 2.11. The summed E-state index contributed by atoms with van der Waals surface area (Å²) in [7, 11) is 0. The number of carbonyl (C=O) groups is 2. The van der Waals surface area contributed by atoms with E-state index in [1.807, 2.05) is 0 Å². The van der Waals surface area contributed by atoms with Gasteiger partial charge in [-0.1, -0.05) is 0 Å². The maximum Gasteiger partial charge on any atom is 0.324 e. The van der Waals surface area contributed by atoms with Gasteiger partial charge in [0.2, 0.25) is 5.91 Å². The number of urea groups is 1. The Balaban J connectivity index is 1.99. The molecular formula is C8H9N3O2S. The van der Waals surface area contributed by atoms with Gasteiger partial charge in [0.05, 0.1) is 12.1 Å². The second-order valence-corrected chi connectivity index (χ2v) is 3.96. The minimum atomic E-state index is -0.311. The summed E-state index contributed by atoms with van der Waals surface area (Å²) >= 11 is 1.50. The lowest BCUT2D eigenvalue weighted by Gasteiger charge is -2.25. The van der Waals surface area contributed by atoms with Crippen LogP contribution in [0.15, 0.2) is 11.7 Å². The van der Waals surface area contributed by atoms with Gasteiger partial charge in [-0.3, -0.25) is 15.1 Å². The second-order valence-electron chi connectivity index (χ2n) is 2.99. The van der Waals surface area contributed by atoms with E-state index in [4.69, 9.17) is 0 Å². The molecule has 5 nitrogen and oxygen atoms in total. The predicted octanol–water partition coefficient (Wildman–Crippen LogP) is 0.585. The van der Waals surface area contributed by atoms with E-state index in [-0.39, 0.29) is 11.9 Å². The molecule has 0 aliphatic carbocycles. The fraction of sp³-hybridized carbons (Fsp3) is 0.375. The van der Waals surface area contributed by atoms with Crippen molar-refractivity contribution in [2.75, 3.05) is 6.54 Å². The molecule has 1 aromatic rings. The molecule has 6 heteroatoms. The quantitative estimate of drug-likeness (QED) is 0.778. The molecule has 1 N–H and O–H groups in total. The fourth-order valence-corrected chi connectivity index (χ4v) is 1.87. The number of imide groups is 1. The number of aromatic nitrogens is 1. The molecule has 74 valence electrons. The molecule has 1 aromatic heterocycles. The Hall–Kier alpha value is -1.43. The Bertz CT molecular complexity index is 349. The number of carbonyl (C=O) groups excluding carboxylic acids is 2. The van der Waals surface area contributed by atoms with Crippen molar-refractivity contribution in [1.82, 2.24) is 15.2 Å². The standard InChI is InChI=1S/C8H9N3O2S/c12-7-1-2-11(8(13)10-7)4-6-3-9-5-14-6/h3,5H,1-2,4H2,(H,10,12,13). The molecule has 0 saturated carbocycles. The van der Waals surface area contributed by atoms with Gasteiger partial charge in [0.25, 0.3) is 0 Å². The van der Waals surface area contributed by atoms with Crippen molar-refractivity contribution in [3.05, 3.63) is 16.6 Å². The summed E-state index contributed by atoms with van der Waals surface area (Å²) in [5.41, 5.74) is 1.72. The zero-order valence-electron chi connectivity index (χ0n) is 7.40. The lowest BCUT2D eigenvalue weighted by molar-refractivity contribution is -0.121. The van der Waals surface area contributed by atoms with Crippen molar-refractivity contribution in [1.29, 1.82) is 0 Å². The maximum atomic E-state index is 11.3. The van der Waals surface area contributed by atoms with Crippen LogP contribution in [0.25, 0.3) is 0 Å². The van der Waals surface area contributed by atoms with Crippen LogP contribution in [0.1, 0.15) is 11.3 Å². The Morgan fingerprint density at radius 2 is 2.43 bits per heavy atom. The summed E-state index contributed by atoms with van der Waals surface area (Å²) in [6.07, 6.45) is 2.11. The SMILES string of the molecule is O=C1CCN(Cc2cncs2)C(=O)N1. The van der Waals surface area contributed by atoms with Gasteiger partial charge < -0.3 is 4.90 Å². The molecule has 1 fully saturated rings. The number of hydrogen-bond donors (Lipinski definition) is 1. The molecule has 0 radical (unpaired) electrons. The Morgan fingerprint density at radius 1 is 1.57 bits per heavy atom. The maximum absolute atomic E-state index is 11.3. The average molecular weight is 211 g/mol. The van der Waals surface area contributed by atoms with Crippen LogP contribution in [0.5, 0.6) is 0 Å². The molecule has 1 saturated heterocycles. The van der Waals surface area contributed by atoms with Gasteiger partial charge in [0, 0.05) is 24.0 Å². The third-order valence-corrected chi connectivity index (χ3v) is 2.74. The number of rotatable bonds is 2. The third-order valence-electron chi connectivity index (χ3n) is 1.97. The van der Waals surface area contributed by atoms with Crippen molar-refractivity contribution in [3.63, 3.8) is 0 Å². The first-order chi connectivity index (χ1) is 6.75. The van der Waals surface area contributed by atoms with Crippen LogP contribution >= 0.6 is 11.3 Å². The lowest BCUT2D eigenvalue weighted by Crippen LogP contribution is -2.48. The number of thiazole rings is 1. The fourth-order valence-electron chi connectivity index (χ4n) is 1.26. The van der Waals surface area contributed by atoms with Gasteiger partial charge in [-0.2, -0.15) is 0 Å². The van der Waals surface area contributed by atoms with Crippen molar-refractivity contribution < 1.29 is 9.59 Å². The first kappa shape index (κ1) is 9.14. The highest BCUT2D eigenvalue weighted by molar-refractivity contribution is 7.09. The topological polar surface area (TPSA) is 62.3 Å². The van der Waals surface area contributed by atoms with Crippen molar-refractivity contribution in [3.8, 4) is 0 Å². The first-order valence-electron chi connectivity index (χ1n) is 4.22. The van der Waals surface area contributed by atoms with Crippen molar-refractivity contribution in [2.45, 2.75) is 13.0 Å².